The van der Waals surface area contributed by atoms with Gasteiger partial charge in [-0.1, -0.05) is 12.1 Å². The first kappa shape index (κ1) is 14.5. The van der Waals surface area contributed by atoms with Gasteiger partial charge in [0.25, 0.3) is 0 Å². The molecule has 0 heterocycles. The Hall–Kier alpha value is -1.87. The molecule has 0 saturated heterocycles. The SMILES string of the molecule is COc1cccc(CC(N)c2c(C)cc(F)cc2C)c1. The molecule has 0 fully saturated rings. The van der Waals surface area contributed by atoms with Gasteiger partial charge in [0.2, 0.25) is 0 Å². The monoisotopic (exact) mass is 273 g/mol. The van der Waals surface area contributed by atoms with Crippen LogP contribution >= 0.6 is 0 Å². The second-order valence-electron chi connectivity index (χ2n) is 5.12. The van der Waals surface area contributed by atoms with Gasteiger partial charge >= 0.3 is 0 Å². The highest BCUT2D eigenvalue weighted by molar-refractivity contribution is 5.38. The van der Waals surface area contributed by atoms with Crippen LogP contribution in [-0.4, -0.2) is 7.11 Å². The van der Waals surface area contributed by atoms with Gasteiger partial charge < -0.3 is 10.5 Å². The van der Waals surface area contributed by atoms with E-state index in [9.17, 15) is 4.39 Å². The standard InChI is InChI=1S/C17H20FNO/c1-11-7-14(18)8-12(2)17(11)16(19)10-13-5-4-6-15(9-13)20-3/h4-9,16H,10,19H2,1-3H3. The molecule has 2 aromatic rings. The summed E-state index contributed by atoms with van der Waals surface area (Å²) in [6.07, 6.45) is 0.699. The molecule has 2 rings (SSSR count). The lowest BCUT2D eigenvalue weighted by atomic mass is 9.92. The van der Waals surface area contributed by atoms with Crippen LogP contribution in [0.5, 0.6) is 5.75 Å². The first-order chi connectivity index (χ1) is 9.51. The summed E-state index contributed by atoms with van der Waals surface area (Å²) in [4.78, 5) is 0. The van der Waals surface area contributed by atoms with Gasteiger partial charge in [-0.2, -0.15) is 0 Å². The van der Waals surface area contributed by atoms with Crippen molar-refractivity contribution in [3.63, 3.8) is 0 Å². The molecule has 1 atom stereocenters. The summed E-state index contributed by atoms with van der Waals surface area (Å²) in [5, 5.41) is 0. The summed E-state index contributed by atoms with van der Waals surface area (Å²) in [5.41, 5.74) is 10.2. The van der Waals surface area contributed by atoms with Crippen molar-refractivity contribution in [1.29, 1.82) is 0 Å². The molecule has 1 unspecified atom stereocenters. The predicted molar refractivity (Wildman–Crippen MR) is 79.5 cm³/mol. The molecule has 0 aliphatic rings. The lowest BCUT2D eigenvalue weighted by Crippen LogP contribution is -2.16. The number of halogens is 1. The lowest BCUT2D eigenvalue weighted by Gasteiger charge is -2.18. The van der Waals surface area contributed by atoms with E-state index in [4.69, 9.17) is 10.5 Å². The number of ether oxygens (including phenoxy) is 1. The average Bonchev–Trinajstić information content (AvgIpc) is 2.37. The van der Waals surface area contributed by atoms with E-state index < -0.39 is 0 Å². The normalized spacial score (nSPS) is 12.2. The number of rotatable bonds is 4. The zero-order chi connectivity index (χ0) is 14.7. The summed E-state index contributed by atoms with van der Waals surface area (Å²) in [6, 6.07) is 10.8. The van der Waals surface area contributed by atoms with E-state index in [2.05, 4.69) is 0 Å². The van der Waals surface area contributed by atoms with Crippen LogP contribution < -0.4 is 10.5 Å². The van der Waals surface area contributed by atoms with E-state index in [-0.39, 0.29) is 11.9 Å². The Labute approximate surface area is 119 Å². The van der Waals surface area contributed by atoms with Crippen LogP contribution in [0.3, 0.4) is 0 Å². The Morgan fingerprint density at radius 1 is 1.15 bits per heavy atom. The molecular formula is C17H20FNO. The quantitative estimate of drug-likeness (QED) is 0.922. The Bertz CT molecular complexity index is 587. The van der Waals surface area contributed by atoms with Crippen molar-refractivity contribution < 1.29 is 9.13 Å². The van der Waals surface area contributed by atoms with E-state index in [1.165, 1.54) is 12.1 Å². The molecule has 0 bridgehead atoms. The number of nitrogens with two attached hydrogens (primary N) is 1. The van der Waals surface area contributed by atoms with Crippen LogP contribution in [0.1, 0.15) is 28.3 Å². The molecule has 0 aromatic heterocycles. The van der Waals surface area contributed by atoms with Gasteiger partial charge in [-0.25, -0.2) is 4.39 Å². The summed E-state index contributed by atoms with van der Waals surface area (Å²) in [5.74, 6) is 0.611. The van der Waals surface area contributed by atoms with E-state index in [0.29, 0.717) is 6.42 Å². The number of aryl methyl sites for hydroxylation is 2. The maximum absolute atomic E-state index is 13.3. The molecule has 20 heavy (non-hydrogen) atoms. The second kappa shape index (κ2) is 6.06. The van der Waals surface area contributed by atoms with Gasteiger partial charge in [0.15, 0.2) is 0 Å². The summed E-state index contributed by atoms with van der Waals surface area (Å²) in [7, 11) is 1.65. The third-order valence-corrected chi connectivity index (χ3v) is 3.52. The molecule has 0 amide bonds. The largest absolute Gasteiger partial charge is 0.497 e. The molecule has 0 saturated carbocycles. The van der Waals surface area contributed by atoms with Gasteiger partial charge in [-0.05, 0) is 66.8 Å². The van der Waals surface area contributed by atoms with Crippen LogP contribution in [0.4, 0.5) is 4.39 Å². The molecule has 3 heteroatoms. The van der Waals surface area contributed by atoms with Gasteiger partial charge in [0.05, 0.1) is 7.11 Å². The topological polar surface area (TPSA) is 35.2 Å². The summed E-state index contributed by atoms with van der Waals surface area (Å²) < 4.78 is 18.6. The molecular weight excluding hydrogens is 253 g/mol. The highest BCUT2D eigenvalue weighted by Gasteiger charge is 2.14. The summed E-state index contributed by atoms with van der Waals surface area (Å²) in [6.45, 7) is 3.80. The van der Waals surface area contributed by atoms with E-state index in [1.54, 1.807) is 7.11 Å². The van der Waals surface area contributed by atoms with Crippen LogP contribution in [0.15, 0.2) is 36.4 Å². The molecule has 0 aliphatic heterocycles. The van der Waals surface area contributed by atoms with Crippen molar-refractivity contribution in [1.82, 2.24) is 0 Å². The number of hydrogen-bond acceptors (Lipinski definition) is 2. The second-order valence-corrected chi connectivity index (χ2v) is 5.12. The van der Waals surface area contributed by atoms with Gasteiger partial charge in [0.1, 0.15) is 11.6 Å². The minimum atomic E-state index is -0.211. The van der Waals surface area contributed by atoms with E-state index >= 15 is 0 Å². The Balaban J connectivity index is 2.26. The molecule has 0 spiro atoms. The maximum atomic E-state index is 13.3. The fraction of sp³-hybridized carbons (Fsp3) is 0.294. The highest BCUT2D eigenvalue weighted by Crippen LogP contribution is 2.25. The molecule has 2 aromatic carbocycles. The van der Waals surface area contributed by atoms with Crippen LogP contribution in [0.2, 0.25) is 0 Å². The van der Waals surface area contributed by atoms with Crippen molar-refractivity contribution in [3.05, 3.63) is 64.5 Å². The minimum absolute atomic E-state index is 0.150. The summed E-state index contributed by atoms with van der Waals surface area (Å²) >= 11 is 0. The van der Waals surface area contributed by atoms with Crippen molar-refractivity contribution in [2.24, 2.45) is 5.73 Å². The number of benzene rings is 2. The van der Waals surface area contributed by atoms with Crippen LogP contribution in [-0.2, 0) is 6.42 Å². The number of methoxy groups -OCH3 is 1. The van der Waals surface area contributed by atoms with Gasteiger partial charge in [-0.15, -0.1) is 0 Å². The highest BCUT2D eigenvalue weighted by atomic mass is 19.1. The van der Waals surface area contributed by atoms with E-state index in [1.807, 2.05) is 38.1 Å². The average molecular weight is 273 g/mol. The molecule has 2 N–H and O–H groups in total. The fourth-order valence-electron chi connectivity index (χ4n) is 2.66. The maximum Gasteiger partial charge on any atom is 0.123 e. The van der Waals surface area contributed by atoms with E-state index in [0.717, 1.165) is 28.0 Å². The van der Waals surface area contributed by atoms with Crippen molar-refractivity contribution in [3.8, 4) is 5.75 Å². The van der Waals surface area contributed by atoms with Crippen LogP contribution in [0.25, 0.3) is 0 Å². The first-order valence-electron chi connectivity index (χ1n) is 6.66. The van der Waals surface area contributed by atoms with Crippen molar-refractivity contribution >= 4 is 0 Å². The fourth-order valence-corrected chi connectivity index (χ4v) is 2.66. The lowest BCUT2D eigenvalue weighted by molar-refractivity contribution is 0.414. The van der Waals surface area contributed by atoms with Crippen molar-refractivity contribution in [2.45, 2.75) is 26.3 Å². The first-order valence-corrected chi connectivity index (χ1v) is 6.66. The Morgan fingerprint density at radius 3 is 2.40 bits per heavy atom. The molecule has 0 radical (unpaired) electrons. The van der Waals surface area contributed by atoms with Gasteiger partial charge in [-0.3, -0.25) is 0 Å². The molecule has 106 valence electrons. The van der Waals surface area contributed by atoms with Gasteiger partial charge in [0, 0.05) is 6.04 Å². The van der Waals surface area contributed by atoms with Crippen LogP contribution in [0, 0.1) is 19.7 Å². The number of hydrogen-bond donors (Lipinski definition) is 1. The smallest absolute Gasteiger partial charge is 0.123 e. The minimum Gasteiger partial charge on any atom is -0.497 e. The predicted octanol–water partition coefficient (Wildman–Crippen LogP) is 3.69. The zero-order valence-electron chi connectivity index (χ0n) is 12.1. The third-order valence-electron chi connectivity index (χ3n) is 3.52. The molecule has 0 aliphatic carbocycles. The molecule has 2 nitrogen and oxygen atoms in total. The Kier molecular flexibility index (Phi) is 4.40. The van der Waals surface area contributed by atoms with Crippen molar-refractivity contribution in [2.75, 3.05) is 7.11 Å². The Morgan fingerprint density at radius 2 is 1.80 bits per heavy atom. The zero-order valence-corrected chi connectivity index (χ0v) is 12.1. The third kappa shape index (κ3) is 3.17.